The van der Waals surface area contributed by atoms with Gasteiger partial charge in [0.1, 0.15) is 0 Å². The summed E-state index contributed by atoms with van der Waals surface area (Å²) >= 11 is 0. The number of rotatable bonds is 15. The molecule has 4 rings (SSSR count). The molecule has 2 atom stereocenters. The lowest BCUT2D eigenvalue weighted by molar-refractivity contribution is -0.118. The molecular weight excluding hydrogens is 550 g/mol. The molecule has 228 valence electrons. The standard InChI is InChI=1S/C36H41N5O3/c37-32(20-18-27-13-6-2-7-14-27)35(43)40-30-23-29(34(42)39-22-10-17-26-11-4-1-5-12-26)24-31(25-30)41-36(44)33(38)21-19-28-15-8-3-9-16-28/h1-9,11-16,23-25,32-33H,10,17-22,37-38H2,(H,39,42)(H,40,43)(H,41,44)/t32-,33-/m0/s1. The van der Waals surface area contributed by atoms with Crippen LogP contribution in [-0.2, 0) is 28.9 Å². The number of hydrogen-bond acceptors (Lipinski definition) is 5. The maximum atomic E-state index is 13.1. The molecule has 0 unspecified atom stereocenters. The van der Waals surface area contributed by atoms with Gasteiger partial charge in [-0.2, -0.15) is 0 Å². The molecule has 0 saturated carbocycles. The van der Waals surface area contributed by atoms with Gasteiger partial charge in [-0.3, -0.25) is 14.4 Å². The Morgan fingerprint density at radius 3 is 1.41 bits per heavy atom. The largest absolute Gasteiger partial charge is 0.352 e. The molecule has 0 saturated heterocycles. The summed E-state index contributed by atoms with van der Waals surface area (Å²) in [7, 11) is 0. The summed E-state index contributed by atoms with van der Waals surface area (Å²) in [5, 5.41) is 8.59. The van der Waals surface area contributed by atoms with Crippen LogP contribution >= 0.6 is 0 Å². The van der Waals surface area contributed by atoms with Gasteiger partial charge in [0.2, 0.25) is 11.8 Å². The monoisotopic (exact) mass is 591 g/mol. The smallest absolute Gasteiger partial charge is 0.251 e. The molecule has 0 bridgehead atoms. The number of aryl methyl sites for hydroxylation is 3. The van der Waals surface area contributed by atoms with Gasteiger partial charge in [-0.05, 0) is 73.4 Å². The Bertz CT molecular complexity index is 1410. The van der Waals surface area contributed by atoms with Crippen molar-refractivity contribution in [1.82, 2.24) is 5.32 Å². The molecule has 3 amide bonds. The zero-order valence-corrected chi connectivity index (χ0v) is 24.9. The van der Waals surface area contributed by atoms with Crippen molar-refractivity contribution in [3.63, 3.8) is 0 Å². The molecule has 0 aliphatic heterocycles. The number of carbonyl (C=O) groups excluding carboxylic acids is 3. The highest BCUT2D eigenvalue weighted by atomic mass is 16.2. The fourth-order valence-corrected chi connectivity index (χ4v) is 4.81. The molecule has 0 spiro atoms. The number of nitrogens with one attached hydrogen (secondary N) is 3. The second-order valence-corrected chi connectivity index (χ2v) is 10.9. The number of hydrogen-bond donors (Lipinski definition) is 5. The Labute approximate surface area is 259 Å². The molecule has 44 heavy (non-hydrogen) atoms. The van der Waals surface area contributed by atoms with Gasteiger partial charge in [0.05, 0.1) is 12.1 Å². The summed E-state index contributed by atoms with van der Waals surface area (Å²) in [6, 6.07) is 33.0. The van der Waals surface area contributed by atoms with Crippen LogP contribution in [0.1, 0.15) is 46.3 Å². The highest BCUT2D eigenvalue weighted by Gasteiger charge is 2.18. The van der Waals surface area contributed by atoms with E-state index in [9.17, 15) is 14.4 Å². The Morgan fingerprint density at radius 2 is 0.977 bits per heavy atom. The SMILES string of the molecule is N[C@@H](CCc1ccccc1)C(=O)Nc1cc(NC(=O)[C@@H](N)CCc2ccccc2)cc(C(=O)NCCCc2ccccc2)c1. The van der Waals surface area contributed by atoms with Crippen LogP contribution in [0.2, 0.25) is 0 Å². The van der Waals surface area contributed by atoms with E-state index in [4.69, 9.17) is 11.5 Å². The van der Waals surface area contributed by atoms with Crippen molar-refractivity contribution in [3.8, 4) is 0 Å². The molecule has 8 nitrogen and oxygen atoms in total. The number of benzene rings is 4. The van der Waals surface area contributed by atoms with Crippen LogP contribution in [0.4, 0.5) is 11.4 Å². The maximum absolute atomic E-state index is 13.1. The third kappa shape index (κ3) is 10.5. The normalized spacial score (nSPS) is 12.1. The molecule has 7 N–H and O–H groups in total. The van der Waals surface area contributed by atoms with Crippen molar-refractivity contribution in [2.45, 2.75) is 50.6 Å². The van der Waals surface area contributed by atoms with E-state index in [1.165, 1.54) is 5.56 Å². The first-order valence-corrected chi connectivity index (χ1v) is 15.1. The van der Waals surface area contributed by atoms with Crippen LogP contribution in [-0.4, -0.2) is 36.3 Å². The molecule has 0 aliphatic carbocycles. The van der Waals surface area contributed by atoms with Crippen LogP contribution in [0.15, 0.2) is 109 Å². The fourth-order valence-electron chi connectivity index (χ4n) is 4.81. The van der Waals surface area contributed by atoms with E-state index in [1.807, 2.05) is 78.9 Å². The van der Waals surface area contributed by atoms with Gasteiger partial charge >= 0.3 is 0 Å². The molecule has 8 heteroatoms. The van der Waals surface area contributed by atoms with Gasteiger partial charge in [-0.25, -0.2) is 0 Å². The van der Waals surface area contributed by atoms with Crippen molar-refractivity contribution in [2.75, 3.05) is 17.2 Å². The third-order valence-electron chi connectivity index (χ3n) is 7.35. The predicted molar refractivity (Wildman–Crippen MR) is 176 cm³/mol. The van der Waals surface area contributed by atoms with Crippen molar-refractivity contribution < 1.29 is 14.4 Å². The van der Waals surface area contributed by atoms with Crippen LogP contribution in [0.25, 0.3) is 0 Å². The van der Waals surface area contributed by atoms with Gasteiger partial charge in [0, 0.05) is 23.5 Å². The molecule has 4 aromatic rings. The van der Waals surface area contributed by atoms with E-state index in [1.54, 1.807) is 18.2 Å². The quantitative estimate of drug-likeness (QED) is 0.126. The lowest BCUT2D eigenvalue weighted by Crippen LogP contribution is -2.37. The molecule has 0 aromatic heterocycles. The van der Waals surface area contributed by atoms with Crippen LogP contribution in [0.5, 0.6) is 0 Å². The predicted octanol–water partition coefficient (Wildman–Crippen LogP) is 4.85. The Balaban J connectivity index is 1.41. The number of amides is 3. The van der Waals surface area contributed by atoms with Gasteiger partial charge in [0.15, 0.2) is 0 Å². The zero-order valence-electron chi connectivity index (χ0n) is 24.9. The second-order valence-electron chi connectivity index (χ2n) is 10.9. The zero-order chi connectivity index (χ0) is 31.1. The van der Waals surface area contributed by atoms with E-state index in [-0.39, 0.29) is 17.7 Å². The highest BCUT2D eigenvalue weighted by molar-refractivity contribution is 6.02. The molecular formula is C36H41N5O3. The summed E-state index contributed by atoms with van der Waals surface area (Å²) in [6.07, 6.45) is 3.82. The minimum absolute atomic E-state index is 0.300. The summed E-state index contributed by atoms with van der Waals surface area (Å²) in [6.45, 7) is 0.473. The summed E-state index contributed by atoms with van der Waals surface area (Å²) < 4.78 is 0. The first kappa shape index (κ1) is 32.1. The minimum Gasteiger partial charge on any atom is -0.352 e. The average Bonchev–Trinajstić information content (AvgIpc) is 3.05. The number of anilines is 2. The van der Waals surface area contributed by atoms with E-state index in [0.717, 1.165) is 24.0 Å². The van der Waals surface area contributed by atoms with Gasteiger partial charge in [-0.15, -0.1) is 0 Å². The molecule has 4 aromatic carbocycles. The van der Waals surface area contributed by atoms with Crippen LogP contribution in [0, 0.1) is 0 Å². The summed E-state index contributed by atoms with van der Waals surface area (Å²) in [5.74, 6) is -1.07. The highest BCUT2D eigenvalue weighted by Crippen LogP contribution is 2.21. The van der Waals surface area contributed by atoms with Crippen molar-refractivity contribution in [1.29, 1.82) is 0 Å². The summed E-state index contributed by atoms with van der Waals surface area (Å²) in [4.78, 5) is 39.1. The number of carbonyl (C=O) groups is 3. The second kappa shape index (κ2) is 16.7. The van der Waals surface area contributed by atoms with E-state index in [0.29, 0.717) is 49.2 Å². The van der Waals surface area contributed by atoms with Crippen LogP contribution in [0.3, 0.4) is 0 Å². The number of nitrogens with two attached hydrogens (primary N) is 2. The van der Waals surface area contributed by atoms with E-state index < -0.39 is 12.1 Å². The van der Waals surface area contributed by atoms with Crippen molar-refractivity contribution in [2.24, 2.45) is 11.5 Å². The molecule has 0 fully saturated rings. The lowest BCUT2D eigenvalue weighted by atomic mass is 10.0. The van der Waals surface area contributed by atoms with Crippen molar-refractivity contribution >= 4 is 29.1 Å². The first-order valence-electron chi connectivity index (χ1n) is 15.1. The van der Waals surface area contributed by atoms with E-state index in [2.05, 4.69) is 28.1 Å². The van der Waals surface area contributed by atoms with Crippen LogP contribution < -0.4 is 27.4 Å². The maximum Gasteiger partial charge on any atom is 0.251 e. The van der Waals surface area contributed by atoms with E-state index >= 15 is 0 Å². The lowest BCUT2D eigenvalue weighted by Gasteiger charge is -2.16. The molecule has 0 radical (unpaired) electrons. The Kier molecular flexibility index (Phi) is 12.2. The molecule has 0 aliphatic rings. The Morgan fingerprint density at radius 1 is 0.568 bits per heavy atom. The topological polar surface area (TPSA) is 139 Å². The van der Waals surface area contributed by atoms with Gasteiger partial charge in [0.25, 0.3) is 5.91 Å². The molecule has 0 heterocycles. The van der Waals surface area contributed by atoms with Gasteiger partial charge in [-0.1, -0.05) is 91.0 Å². The first-order chi connectivity index (χ1) is 21.4. The Hall–Kier alpha value is -4.79. The third-order valence-corrected chi connectivity index (χ3v) is 7.35. The average molecular weight is 592 g/mol. The fraction of sp³-hybridized carbons (Fsp3) is 0.250. The van der Waals surface area contributed by atoms with Crippen molar-refractivity contribution in [3.05, 3.63) is 131 Å². The minimum atomic E-state index is -0.755. The van der Waals surface area contributed by atoms with Gasteiger partial charge < -0.3 is 27.4 Å². The summed E-state index contributed by atoms with van der Waals surface area (Å²) in [5.41, 5.74) is 16.8.